The van der Waals surface area contributed by atoms with Crippen molar-refractivity contribution >= 4 is 21.9 Å². The van der Waals surface area contributed by atoms with E-state index in [9.17, 15) is 4.79 Å². The van der Waals surface area contributed by atoms with Crippen LogP contribution in [0.3, 0.4) is 0 Å². The molecule has 1 aliphatic rings. The largest absolute Gasteiger partial charge is 0.423 e. The lowest BCUT2D eigenvalue weighted by Crippen LogP contribution is -1.91. The molecule has 1 heterocycles. The van der Waals surface area contributed by atoms with E-state index in [0.29, 0.717) is 10.2 Å². The normalized spacial score (nSPS) is 16.1. The number of hydrogen-bond acceptors (Lipinski definition) is 2. The first-order valence-corrected chi connectivity index (χ1v) is 6.26. The third-order valence-corrected chi connectivity index (χ3v) is 3.33. The summed E-state index contributed by atoms with van der Waals surface area (Å²) in [5, 5.41) is 0. The van der Waals surface area contributed by atoms with Gasteiger partial charge in [-0.3, -0.25) is 0 Å². The summed E-state index contributed by atoms with van der Waals surface area (Å²) in [6.45, 7) is 5.92. The summed E-state index contributed by atoms with van der Waals surface area (Å²) in [7, 11) is 0. The van der Waals surface area contributed by atoms with Crippen LogP contribution in [0.2, 0.25) is 0 Å². The fourth-order valence-electron chi connectivity index (χ4n) is 1.62. The van der Waals surface area contributed by atoms with Gasteiger partial charge in [0.1, 0.15) is 10.2 Å². The van der Waals surface area contributed by atoms with Gasteiger partial charge in [0.25, 0.3) is 0 Å². The quantitative estimate of drug-likeness (QED) is 0.538. The van der Waals surface area contributed by atoms with Crippen LogP contribution < -0.4 is 0 Å². The third-order valence-electron chi connectivity index (χ3n) is 2.53. The SMILES string of the molecule is C=C1OC(=O)C(Br)=C1CCCCCCC. The number of unbranched alkanes of at least 4 members (excludes halogenated alkanes) is 4. The Labute approximate surface area is 99.5 Å². The van der Waals surface area contributed by atoms with Gasteiger partial charge in [-0.15, -0.1) is 0 Å². The molecule has 0 saturated heterocycles. The van der Waals surface area contributed by atoms with E-state index in [2.05, 4.69) is 29.4 Å². The molecular formula is C12H17BrO2. The Kier molecular flexibility index (Phi) is 5.09. The van der Waals surface area contributed by atoms with Gasteiger partial charge in [0.05, 0.1) is 0 Å². The molecule has 0 spiro atoms. The molecule has 2 nitrogen and oxygen atoms in total. The fraction of sp³-hybridized carbons (Fsp3) is 0.583. The minimum Gasteiger partial charge on any atom is -0.423 e. The summed E-state index contributed by atoms with van der Waals surface area (Å²) in [5.74, 6) is 0.214. The topological polar surface area (TPSA) is 26.3 Å². The number of carbonyl (C=O) groups is 1. The van der Waals surface area contributed by atoms with Gasteiger partial charge in [0.15, 0.2) is 0 Å². The smallest absolute Gasteiger partial charge is 0.351 e. The third kappa shape index (κ3) is 3.49. The van der Waals surface area contributed by atoms with Gasteiger partial charge >= 0.3 is 5.97 Å². The molecule has 1 rings (SSSR count). The molecule has 0 saturated carbocycles. The zero-order valence-electron chi connectivity index (χ0n) is 9.14. The summed E-state index contributed by atoms with van der Waals surface area (Å²) in [6.07, 6.45) is 6.99. The predicted molar refractivity (Wildman–Crippen MR) is 64.6 cm³/mol. The molecule has 0 N–H and O–H groups in total. The van der Waals surface area contributed by atoms with Crippen LogP contribution in [0.4, 0.5) is 0 Å². The molecule has 0 bridgehead atoms. The number of ether oxygens (including phenoxy) is 1. The first kappa shape index (κ1) is 12.5. The molecule has 0 amide bonds. The molecule has 84 valence electrons. The summed E-state index contributed by atoms with van der Waals surface area (Å²) in [5.41, 5.74) is 0.941. The zero-order chi connectivity index (χ0) is 11.3. The van der Waals surface area contributed by atoms with E-state index in [-0.39, 0.29) is 5.97 Å². The van der Waals surface area contributed by atoms with Crippen LogP contribution in [0.5, 0.6) is 0 Å². The fourth-order valence-corrected chi connectivity index (χ4v) is 2.12. The van der Waals surface area contributed by atoms with E-state index in [1.165, 1.54) is 25.7 Å². The number of carbonyl (C=O) groups excluding carboxylic acids is 1. The number of rotatable bonds is 6. The number of hydrogen-bond donors (Lipinski definition) is 0. The van der Waals surface area contributed by atoms with Crippen molar-refractivity contribution in [2.45, 2.75) is 45.4 Å². The second-order valence-electron chi connectivity index (χ2n) is 3.77. The molecule has 0 aromatic rings. The molecular weight excluding hydrogens is 256 g/mol. The van der Waals surface area contributed by atoms with Crippen molar-refractivity contribution < 1.29 is 9.53 Å². The number of cyclic esters (lactones) is 1. The van der Waals surface area contributed by atoms with Crippen LogP contribution in [0.15, 0.2) is 22.4 Å². The van der Waals surface area contributed by atoms with Gasteiger partial charge < -0.3 is 4.74 Å². The molecule has 0 aromatic carbocycles. The molecule has 0 atom stereocenters. The van der Waals surface area contributed by atoms with E-state index in [4.69, 9.17) is 4.74 Å². The molecule has 0 aromatic heterocycles. The lowest BCUT2D eigenvalue weighted by atomic mass is 10.1. The van der Waals surface area contributed by atoms with Gasteiger partial charge in [-0.1, -0.05) is 39.2 Å². The monoisotopic (exact) mass is 272 g/mol. The van der Waals surface area contributed by atoms with Crippen molar-refractivity contribution in [3.05, 3.63) is 22.4 Å². The van der Waals surface area contributed by atoms with Crippen molar-refractivity contribution in [1.82, 2.24) is 0 Å². The number of halogens is 1. The predicted octanol–water partition coefficient (Wildman–Crippen LogP) is 4.07. The molecule has 1 aliphatic heterocycles. The first-order chi connectivity index (χ1) is 7.16. The van der Waals surface area contributed by atoms with Crippen LogP contribution >= 0.6 is 15.9 Å². The second-order valence-corrected chi connectivity index (χ2v) is 4.56. The molecule has 3 heteroatoms. The average molecular weight is 273 g/mol. The first-order valence-electron chi connectivity index (χ1n) is 5.47. The second kappa shape index (κ2) is 6.11. The highest BCUT2D eigenvalue weighted by Gasteiger charge is 2.25. The van der Waals surface area contributed by atoms with Crippen molar-refractivity contribution in [3.63, 3.8) is 0 Å². The Bertz CT molecular complexity index is 292. The van der Waals surface area contributed by atoms with Crippen LogP contribution in [0.25, 0.3) is 0 Å². The van der Waals surface area contributed by atoms with Crippen LogP contribution in [-0.2, 0) is 9.53 Å². The number of allylic oxidation sites excluding steroid dienone is 1. The van der Waals surface area contributed by atoms with Crippen molar-refractivity contribution in [2.75, 3.05) is 0 Å². The maximum atomic E-state index is 11.1. The Hall–Kier alpha value is -0.570. The Morgan fingerprint density at radius 1 is 1.27 bits per heavy atom. The minimum absolute atomic E-state index is 0.302. The van der Waals surface area contributed by atoms with Gasteiger partial charge in [-0.05, 0) is 28.8 Å². The summed E-state index contributed by atoms with van der Waals surface area (Å²) >= 11 is 3.24. The van der Waals surface area contributed by atoms with Gasteiger partial charge in [-0.2, -0.15) is 0 Å². The standard InChI is InChI=1S/C12H17BrO2/c1-3-4-5-6-7-8-10-9(2)15-12(14)11(10)13/h2-8H2,1H3. The minimum atomic E-state index is -0.302. The molecule has 0 unspecified atom stereocenters. The molecule has 0 radical (unpaired) electrons. The zero-order valence-corrected chi connectivity index (χ0v) is 10.7. The van der Waals surface area contributed by atoms with Crippen molar-refractivity contribution in [2.24, 2.45) is 0 Å². The average Bonchev–Trinajstić information content (AvgIpc) is 2.44. The molecule has 0 fully saturated rings. The van der Waals surface area contributed by atoms with E-state index in [0.717, 1.165) is 18.4 Å². The van der Waals surface area contributed by atoms with Gasteiger partial charge in [0, 0.05) is 5.57 Å². The van der Waals surface area contributed by atoms with Crippen LogP contribution in [0.1, 0.15) is 45.4 Å². The summed E-state index contributed by atoms with van der Waals surface area (Å²) < 4.78 is 5.47. The Balaban J connectivity index is 2.32. The molecule has 0 aliphatic carbocycles. The maximum absolute atomic E-state index is 11.1. The van der Waals surface area contributed by atoms with Crippen molar-refractivity contribution in [3.8, 4) is 0 Å². The van der Waals surface area contributed by atoms with Gasteiger partial charge in [0.2, 0.25) is 0 Å². The highest BCUT2D eigenvalue weighted by molar-refractivity contribution is 9.12. The lowest BCUT2D eigenvalue weighted by molar-refractivity contribution is -0.132. The Morgan fingerprint density at radius 3 is 2.47 bits per heavy atom. The highest BCUT2D eigenvalue weighted by atomic mass is 79.9. The van der Waals surface area contributed by atoms with Crippen molar-refractivity contribution in [1.29, 1.82) is 0 Å². The van der Waals surface area contributed by atoms with E-state index >= 15 is 0 Å². The van der Waals surface area contributed by atoms with Gasteiger partial charge in [-0.25, -0.2) is 4.79 Å². The summed E-state index contributed by atoms with van der Waals surface area (Å²) in [6, 6.07) is 0. The highest BCUT2D eigenvalue weighted by Crippen LogP contribution is 2.32. The maximum Gasteiger partial charge on any atom is 0.351 e. The lowest BCUT2D eigenvalue weighted by Gasteiger charge is -2.02. The van der Waals surface area contributed by atoms with Crippen LogP contribution in [0, 0.1) is 0 Å². The number of esters is 1. The van der Waals surface area contributed by atoms with E-state index < -0.39 is 0 Å². The van der Waals surface area contributed by atoms with Crippen LogP contribution in [-0.4, -0.2) is 5.97 Å². The molecule has 15 heavy (non-hydrogen) atoms. The van der Waals surface area contributed by atoms with E-state index in [1.54, 1.807) is 0 Å². The van der Waals surface area contributed by atoms with E-state index in [1.807, 2.05) is 0 Å². The Morgan fingerprint density at radius 2 is 1.93 bits per heavy atom. The summed E-state index contributed by atoms with van der Waals surface area (Å²) in [4.78, 5) is 11.1.